The van der Waals surface area contributed by atoms with Gasteiger partial charge < -0.3 is 5.11 Å². The summed E-state index contributed by atoms with van der Waals surface area (Å²) in [6.45, 7) is 0. The van der Waals surface area contributed by atoms with Crippen LogP contribution in [-0.4, -0.2) is 19.9 Å². The summed E-state index contributed by atoms with van der Waals surface area (Å²) >= 11 is 0. The number of fused-ring (bicyclic) bond motifs is 1. The Hall–Kier alpha value is -1.58. The highest BCUT2D eigenvalue weighted by Crippen LogP contribution is 2.08. The second-order valence-electron chi connectivity index (χ2n) is 1.95. The number of nitrogens with zero attached hydrogens (tertiary/aromatic N) is 3. The number of pyridine rings is 1. The molecule has 0 saturated carbocycles. The summed E-state index contributed by atoms with van der Waals surface area (Å²) in [6, 6.07) is 5.12. The number of hydrogen-bond donors (Lipinski definition) is 1. The van der Waals surface area contributed by atoms with Crippen LogP contribution in [0.25, 0.3) is 5.52 Å². The van der Waals surface area contributed by atoms with Gasteiger partial charge in [-0.2, -0.15) is 4.52 Å². The molecular formula is C6H5N3O. The van der Waals surface area contributed by atoms with Crippen LogP contribution in [0.15, 0.2) is 24.4 Å². The largest absolute Gasteiger partial charge is 0.493 e. The lowest BCUT2D eigenvalue weighted by Crippen LogP contribution is -1.86. The molecule has 2 aromatic rings. The van der Waals surface area contributed by atoms with E-state index in [9.17, 15) is 0 Å². The molecule has 0 aliphatic heterocycles. The van der Waals surface area contributed by atoms with E-state index >= 15 is 0 Å². The molecule has 0 unspecified atom stereocenters. The maximum Gasteiger partial charge on any atom is 0.213 e. The van der Waals surface area contributed by atoms with E-state index in [2.05, 4.69) is 10.3 Å². The highest BCUT2D eigenvalue weighted by atomic mass is 16.3. The van der Waals surface area contributed by atoms with Crippen LogP contribution in [-0.2, 0) is 0 Å². The molecule has 0 aromatic carbocycles. The van der Waals surface area contributed by atoms with Crippen LogP contribution in [0.5, 0.6) is 5.88 Å². The third-order valence-electron chi connectivity index (χ3n) is 1.30. The van der Waals surface area contributed by atoms with Crippen molar-refractivity contribution in [2.75, 3.05) is 0 Å². The van der Waals surface area contributed by atoms with E-state index < -0.39 is 0 Å². The van der Waals surface area contributed by atoms with Gasteiger partial charge in [-0.3, -0.25) is 0 Å². The fourth-order valence-corrected chi connectivity index (χ4v) is 0.838. The first-order valence-electron chi connectivity index (χ1n) is 2.86. The van der Waals surface area contributed by atoms with Crippen molar-refractivity contribution in [1.29, 1.82) is 0 Å². The molecule has 0 aliphatic rings. The first-order valence-corrected chi connectivity index (χ1v) is 2.86. The zero-order valence-corrected chi connectivity index (χ0v) is 5.10. The average Bonchev–Trinajstić information content (AvgIpc) is 2.36. The number of aromatic nitrogens is 3. The monoisotopic (exact) mass is 135 g/mol. The van der Waals surface area contributed by atoms with Crippen molar-refractivity contribution in [2.45, 2.75) is 0 Å². The maximum absolute atomic E-state index is 9.12. The smallest absolute Gasteiger partial charge is 0.213 e. The summed E-state index contributed by atoms with van der Waals surface area (Å²) < 4.78 is 1.36. The van der Waals surface area contributed by atoms with Crippen molar-refractivity contribution >= 4 is 5.52 Å². The van der Waals surface area contributed by atoms with Crippen LogP contribution < -0.4 is 0 Å². The Morgan fingerprint density at radius 2 is 2.30 bits per heavy atom. The van der Waals surface area contributed by atoms with Crippen LogP contribution >= 0.6 is 0 Å². The fourth-order valence-electron chi connectivity index (χ4n) is 0.838. The lowest BCUT2D eigenvalue weighted by atomic mass is 10.4. The molecule has 2 rings (SSSR count). The molecule has 10 heavy (non-hydrogen) atoms. The van der Waals surface area contributed by atoms with E-state index in [4.69, 9.17) is 5.11 Å². The topological polar surface area (TPSA) is 50.4 Å². The van der Waals surface area contributed by atoms with Crippen LogP contribution in [0.4, 0.5) is 0 Å². The first kappa shape index (κ1) is 5.22. The molecule has 0 amide bonds. The first-order chi connectivity index (χ1) is 4.88. The normalized spacial score (nSPS) is 10.4. The second kappa shape index (κ2) is 1.70. The van der Waals surface area contributed by atoms with Gasteiger partial charge in [-0.05, 0) is 6.07 Å². The van der Waals surface area contributed by atoms with Gasteiger partial charge in [0.1, 0.15) is 0 Å². The third kappa shape index (κ3) is 0.556. The quantitative estimate of drug-likeness (QED) is 0.570. The Kier molecular flexibility index (Phi) is 0.887. The van der Waals surface area contributed by atoms with Gasteiger partial charge in [-0.1, -0.05) is 11.3 Å². The third-order valence-corrected chi connectivity index (χ3v) is 1.30. The minimum Gasteiger partial charge on any atom is -0.493 e. The van der Waals surface area contributed by atoms with Crippen LogP contribution in [0.3, 0.4) is 0 Å². The summed E-state index contributed by atoms with van der Waals surface area (Å²) in [4.78, 5) is 0. The standard InChI is InChI=1S/C6H5N3O/c10-6-3-1-2-5-4-7-8-9(5)6/h1-4,10H. The Morgan fingerprint density at radius 3 is 3.10 bits per heavy atom. The molecule has 0 fully saturated rings. The van der Waals surface area contributed by atoms with E-state index in [1.165, 1.54) is 4.52 Å². The van der Waals surface area contributed by atoms with Crippen LogP contribution in [0, 0.1) is 0 Å². The molecule has 0 atom stereocenters. The Bertz CT molecular complexity index is 355. The van der Waals surface area contributed by atoms with Gasteiger partial charge in [-0.15, -0.1) is 5.10 Å². The minimum atomic E-state index is 0.106. The predicted molar refractivity (Wildman–Crippen MR) is 34.7 cm³/mol. The van der Waals surface area contributed by atoms with Gasteiger partial charge in [0.25, 0.3) is 0 Å². The highest BCUT2D eigenvalue weighted by Gasteiger charge is 1.96. The lowest BCUT2D eigenvalue weighted by Gasteiger charge is -1.92. The maximum atomic E-state index is 9.12. The van der Waals surface area contributed by atoms with Crippen molar-refractivity contribution in [3.63, 3.8) is 0 Å². The fraction of sp³-hybridized carbons (Fsp3) is 0. The Balaban J connectivity index is 2.95. The van der Waals surface area contributed by atoms with Gasteiger partial charge in [0, 0.05) is 6.07 Å². The van der Waals surface area contributed by atoms with E-state index in [0.717, 1.165) is 5.52 Å². The Labute approximate surface area is 56.7 Å². The number of rotatable bonds is 0. The van der Waals surface area contributed by atoms with E-state index in [0.29, 0.717) is 0 Å². The molecular weight excluding hydrogens is 130 g/mol. The molecule has 2 heterocycles. The second-order valence-corrected chi connectivity index (χ2v) is 1.95. The van der Waals surface area contributed by atoms with Gasteiger partial charge in [0.15, 0.2) is 0 Å². The summed E-state index contributed by atoms with van der Waals surface area (Å²) in [7, 11) is 0. The summed E-state index contributed by atoms with van der Waals surface area (Å²) in [5.41, 5.74) is 0.792. The van der Waals surface area contributed by atoms with Gasteiger partial charge in [-0.25, -0.2) is 0 Å². The summed E-state index contributed by atoms with van der Waals surface area (Å²) in [5.74, 6) is 0.106. The lowest BCUT2D eigenvalue weighted by molar-refractivity contribution is 0.434. The van der Waals surface area contributed by atoms with Crippen molar-refractivity contribution in [2.24, 2.45) is 0 Å². The average molecular weight is 135 g/mol. The molecule has 0 bridgehead atoms. The summed E-state index contributed by atoms with van der Waals surface area (Å²) in [6.07, 6.45) is 1.58. The van der Waals surface area contributed by atoms with Gasteiger partial charge in [0.2, 0.25) is 5.88 Å². The molecule has 1 N–H and O–H groups in total. The predicted octanol–water partition coefficient (Wildman–Crippen LogP) is 0.435. The molecule has 50 valence electrons. The molecule has 0 aliphatic carbocycles. The van der Waals surface area contributed by atoms with Crippen LogP contribution in [0.1, 0.15) is 0 Å². The van der Waals surface area contributed by atoms with Crippen molar-refractivity contribution < 1.29 is 5.11 Å². The van der Waals surface area contributed by atoms with Crippen LogP contribution in [0.2, 0.25) is 0 Å². The molecule has 4 heteroatoms. The van der Waals surface area contributed by atoms with E-state index in [1.54, 1.807) is 18.3 Å². The van der Waals surface area contributed by atoms with E-state index in [1.807, 2.05) is 6.07 Å². The molecule has 2 aromatic heterocycles. The van der Waals surface area contributed by atoms with Gasteiger partial charge in [0.05, 0.1) is 11.7 Å². The van der Waals surface area contributed by atoms with Crippen molar-refractivity contribution in [3.8, 4) is 5.88 Å². The molecule has 0 saturated heterocycles. The minimum absolute atomic E-state index is 0.106. The molecule has 0 radical (unpaired) electrons. The molecule has 0 spiro atoms. The molecule has 4 nitrogen and oxygen atoms in total. The van der Waals surface area contributed by atoms with Gasteiger partial charge >= 0.3 is 0 Å². The zero-order chi connectivity index (χ0) is 6.97. The Morgan fingerprint density at radius 1 is 1.40 bits per heavy atom. The van der Waals surface area contributed by atoms with Crippen molar-refractivity contribution in [3.05, 3.63) is 24.4 Å². The number of hydrogen-bond acceptors (Lipinski definition) is 3. The SMILES string of the molecule is Oc1cccc2cnnn12. The van der Waals surface area contributed by atoms with E-state index in [-0.39, 0.29) is 5.88 Å². The highest BCUT2D eigenvalue weighted by molar-refractivity contribution is 5.45. The van der Waals surface area contributed by atoms with Crippen molar-refractivity contribution in [1.82, 2.24) is 14.8 Å². The zero-order valence-electron chi connectivity index (χ0n) is 5.10. The summed E-state index contributed by atoms with van der Waals surface area (Å²) in [5, 5.41) is 16.4. The number of aromatic hydroxyl groups is 1.